The van der Waals surface area contributed by atoms with Crippen LogP contribution in [-0.4, -0.2) is 15.9 Å². The van der Waals surface area contributed by atoms with E-state index < -0.39 is 0 Å². The Bertz CT molecular complexity index is 1240. The van der Waals surface area contributed by atoms with Gasteiger partial charge in [-0.05, 0) is 67.1 Å². The highest BCUT2D eigenvalue weighted by atomic mass is 32.1. The molecule has 0 fully saturated rings. The lowest BCUT2D eigenvalue weighted by molar-refractivity contribution is -0.114. The van der Waals surface area contributed by atoms with Crippen LogP contribution < -0.4 is 9.64 Å². The Hall–Kier alpha value is -3.84. The number of benzene rings is 2. The number of carbonyl (C=O) groups excluding carboxylic acids is 1. The van der Waals surface area contributed by atoms with E-state index in [0.717, 1.165) is 22.0 Å². The van der Waals surface area contributed by atoms with Crippen LogP contribution in [-0.2, 0) is 17.9 Å². The van der Waals surface area contributed by atoms with Gasteiger partial charge in [-0.15, -0.1) is 11.3 Å². The highest BCUT2D eigenvalue weighted by molar-refractivity contribution is 7.09. The van der Waals surface area contributed by atoms with Gasteiger partial charge in [0.1, 0.15) is 18.2 Å². The highest BCUT2D eigenvalue weighted by Crippen LogP contribution is 2.20. The van der Waals surface area contributed by atoms with Crippen LogP contribution in [0.1, 0.15) is 22.0 Å². The SMILES string of the molecule is Cc1nc(COc2cccc(C=CC(=O)N(Cc3ccccn3)c3ccc(F)cc3)c2)cs1. The highest BCUT2D eigenvalue weighted by Gasteiger charge is 2.15. The lowest BCUT2D eigenvalue weighted by atomic mass is 10.2. The number of anilines is 1. The molecule has 5 nitrogen and oxygen atoms in total. The van der Waals surface area contributed by atoms with Crippen molar-refractivity contribution in [1.29, 1.82) is 0 Å². The Labute approximate surface area is 195 Å². The molecule has 2 heterocycles. The van der Waals surface area contributed by atoms with E-state index >= 15 is 0 Å². The molecule has 4 aromatic rings. The molecule has 0 N–H and O–H groups in total. The van der Waals surface area contributed by atoms with Crippen LogP contribution in [0.3, 0.4) is 0 Å². The van der Waals surface area contributed by atoms with Crippen molar-refractivity contribution in [3.63, 3.8) is 0 Å². The van der Waals surface area contributed by atoms with Crippen LogP contribution in [0.25, 0.3) is 6.08 Å². The summed E-state index contributed by atoms with van der Waals surface area (Å²) in [5.74, 6) is 0.0970. The van der Waals surface area contributed by atoms with Gasteiger partial charge in [0.05, 0.1) is 22.9 Å². The number of aryl methyl sites for hydroxylation is 1. The minimum absolute atomic E-state index is 0.239. The summed E-state index contributed by atoms with van der Waals surface area (Å²) in [5, 5.41) is 2.98. The Kier molecular flexibility index (Phi) is 7.22. The van der Waals surface area contributed by atoms with Gasteiger partial charge < -0.3 is 9.64 Å². The molecule has 0 radical (unpaired) electrons. The van der Waals surface area contributed by atoms with Crippen LogP contribution in [0, 0.1) is 12.7 Å². The van der Waals surface area contributed by atoms with E-state index in [9.17, 15) is 9.18 Å². The molecule has 0 aliphatic carbocycles. The molecule has 2 aromatic heterocycles. The smallest absolute Gasteiger partial charge is 0.251 e. The zero-order valence-corrected chi connectivity index (χ0v) is 18.8. The first-order chi connectivity index (χ1) is 16.1. The summed E-state index contributed by atoms with van der Waals surface area (Å²) in [4.78, 5) is 23.3. The normalized spacial score (nSPS) is 11.0. The number of ether oxygens (including phenoxy) is 1. The minimum Gasteiger partial charge on any atom is -0.487 e. The standard InChI is InChI=1S/C26H22FN3O2S/c1-19-29-23(18-33-19)17-32-25-7-4-5-20(15-25)8-13-26(31)30(16-22-6-2-3-14-28-22)24-11-9-21(27)10-12-24/h2-15,18H,16-17H2,1H3. The largest absolute Gasteiger partial charge is 0.487 e. The van der Waals surface area contributed by atoms with Crippen molar-refractivity contribution >= 4 is 29.0 Å². The number of rotatable bonds is 8. The molecule has 0 spiro atoms. The average Bonchev–Trinajstić information content (AvgIpc) is 3.26. The number of carbonyl (C=O) groups is 1. The summed E-state index contributed by atoms with van der Waals surface area (Å²) in [7, 11) is 0. The fraction of sp³-hybridized carbons (Fsp3) is 0.115. The predicted molar refractivity (Wildman–Crippen MR) is 128 cm³/mol. The monoisotopic (exact) mass is 459 g/mol. The Morgan fingerprint density at radius 2 is 1.94 bits per heavy atom. The second-order valence-corrected chi connectivity index (χ2v) is 8.34. The van der Waals surface area contributed by atoms with E-state index in [4.69, 9.17) is 4.74 Å². The molecule has 0 unspecified atom stereocenters. The first-order valence-corrected chi connectivity index (χ1v) is 11.2. The molecular formula is C26H22FN3O2S. The summed E-state index contributed by atoms with van der Waals surface area (Å²) in [5.41, 5.74) is 3.04. The number of amides is 1. The maximum Gasteiger partial charge on any atom is 0.251 e. The third-order valence-corrected chi connectivity index (χ3v) is 5.60. The summed E-state index contributed by atoms with van der Waals surface area (Å²) in [6.07, 6.45) is 4.91. The lowest BCUT2D eigenvalue weighted by Crippen LogP contribution is -2.29. The molecule has 33 heavy (non-hydrogen) atoms. The second kappa shape index (κ2) is 10.7. The molecule has 0 aliphatic heterocycles. The zero-order chi connectivity index (χ0) is 23.0. The maximum atomic E-state index is 13.4. The molecule has 0 bridgehead atoms. The van der Waals surface area contributed by atoms with E-state index in [2.05, 4.69) is 9.97 Å². The lowest BCUT2D eigenvalue weighted by Gasteiger charge is -2.21. The van der Waals surface area contributed by atoms with Crippen molar-refractivity contribution in [2.24, 2.45) is 0 Å². The van der Waals surface area contributed by atoms with Gasteiger partial charge >= 0.3 is 0 Å². The van der Waals surface area contributed by atoms with Crippen LogP contribution in [0.5, 0.6) is 5.75 Å². The van der Waals surface area contributed by atoms with Crippen LogP contribution in [0.15, 0.2) is 84.4 Å². The van der Waals surface area contributed by atoms with Gasteiger partial charge in [-0.2, -0.15) is 0 Å². The van der Waals surface area contributed by atoms with Gasteiger partial charge in [-0.25, -0.2) is 9.37 Å². The van der Waals surface area contributed by atoms with Gasteiger partial charge in [0.25, 0.3) is 5.91 Å². The number of pyridine rings is 1. The van der Waals surface area contributed by atoms with Crippen molar-refractivity contribution in [2.45, 2.75) is 20.1 Å². The first-order valence-electron chi connectivity index (χ1n) is 10.4. The van der Waals surface area contributed by atoms with Crippen LogP contribution in [0.2, 0.25) is 0 Å². The molecule has 166 valence electrons. The van der Waals surface area contributed by atoms with Crippen molar-refractivity contribution in [1.82, 2.24) is 9.97 Å². The van der Waals surface area contributed by atoms with E-state index in [1.165, 1.54) is 18.2 Å². The summed E-state index contributed by atoms with van der Waals surface area (Å²) in [6, 6.07) is 18.9. The maximum absolute atomic E-state index is 13.4. The number of hydrogen-bond donors (Lipinski definition) is 0. The third-order valence-electron chi connectivity index (χ3n) is 4.78. The molecule has 4 rings (SSSR count). The van der Waals surface area contributed by atoms with Crippen molar-refractivity contribution in [3.8, 4) is 5.75 Å². The van der Waals surface area contributed by atoms with E-state index in [-0.39, 0.29) is 18.3 Å². The number of hydrogen-bond acceptors (Lipinski definition) is 5. The van der Waals surface area contributed by atoms with E-state index in [1.54, 1.807) is 40.6 Å². The van der Waals surface area contributed by atoms with Gasteiger partial charge in [-0.3, -0.25) is 9.78 Å². The first kappa shape index (κ1) is 22.4. The fourth-order valence-electron chi connectivity index (χ4n) is 3.17. The van der Waals surface area contributed by atoms with Gasteiger partial charge in [-0.1, -0.05) is 18.2 Å². The average molecular weight is 460 g/mol. The fourth-order valence-corrected chi connectivity index (χ4v) is 3.77. The number of nitrogens with zero attached hydrogens (tertiary/aromatic N) is 3. The predicted octanol–water partition coefficient (Wildman–Crippen LogP) is 5.81. The Balaban J connectivity index is 1.48. The quantitative estimate of drug-likeness (QED) is 0.312. The molecular weight excluding hydrogens is 437 g/mol. The Morgan fingerprint density at radius 1 is 1.09 bits per heavy atom. The minimum atomic E-state index is -0.357. The summed E-state index contributed by atoms with van der Waals surface area (Å²) in [6.45, 7) is 2.62. The molecule has 0 atom stereocenters. The topological polar surface area (TPSA) is 55.3 Å². The molecule has 2 aromatic carbocycles. The number of thiazole rings is 1. The second-order valence-electron chi connectivity index (χ2n) is 7.27. The molecule has 0 saturated heterocycles. The summed E-state index contributed by atoms with van der Waals surface area (Å²) < 4.78 is 19.2. The molecule has 1 amide bonds. The van der Waals surface area contributed by atoms with Crippen LogP contribution >= 0.6 is 11.3 Å². The number of aromatic nitrogens is 2. The van der Waals surface area contributed by atoms with Gasteiger partial charge in [0.2, 0.25) is 0 Å². The van der Waals surface area contributed by atoms with Crippen LogP contribution in [0.4, 0.5) is 10.1 Å². The van der Waals surface area contributed by atoms with Gasteiger partial charge in [0.15, 0.2) is 0 Å². The molecule has 7 heteroatoms. The molecule has 0 aliphatic rings. The van der Waals surface area contributed by atoms with Crippen molar-refractivity contribution in [3.05, 3.63) is 112 Å². The van der Waals surface area contributed by atoms with Gasteiger partial charge in [0, 0.05) is 23.3 Å². The Morgan fingerprint density at radius 3 is 2.67 bits per heavy atom. The zero-order valence-electron chi connectivity index (χ0n) is 18.0. The number of halogens is 1. The van der Waals surface area contributed by atoms with E-state index in [1.807, 2.05) is 54.8 Å². The summed E-state index contributed by atoms with van der Waals surface area (Å²) >= 11 is 1.59. The molecule has 0 saturated carbocycles. The van der Waals surface area contributed by atoms with Crippen molar-refractivity contribution < 1.29 is 13.9 Å². The van der Waals surface area contributed by atoms with E-state index in [0.29, 0.717) is 18.0 Å². The third kappa shape index (κ3) is 6.33. The van der Waals surface area contributed by atoms with Crippen molar-refractivity contribution in [2.75, 3.05) is 4.90 Å².